The average Bonchev–Trinajstić information content (AvgIpc) is 3.87. The zero-order valence-electron chi connectivity index (χ0n) is 42.0. The van der Waals surface area contributed by atoms with Crippen molar-refractivity contribution in [3.63, 3.8) is 0 Å². The number of ether oxygens (including phenoxy) is 1. The van der Waals surface area contributed by atoms with Crippen LogP contribution in [0, 0.1) is 39.8 Å². The third-order valence-electron chi connectivity index (χ3n) is 14.2. The van der Waals surface area contributed by atoms with Crippen LogP contribution in [0.15, 0.2) is 108 Å². The number of hydrogen-bond donors (Lipinski definition) is 0. The molecule has 0 fully saturated rings. The topological polar surface area (TPSA) is 57.2 Å². The Morgan fingerprint density at radius 3 is 2.24 bits per heavy atom. The minimum absolute atomic E-state index is 0. The predicted molar refractivity (Wildman–Crippen MR) is 268 cm³/mol. The Hall–Kier alpha value is -5.84. The number of hydrogen-bond acceptors (Lipinski definition) is 4. The van der Waals surface area contributed by atoms with Gasteiger partial charge in [0.25, 0.3) is 0 Å². The van der Waals surface area contributed by atoms with E-state index in [1.54, 1.807) is 0 Å². The van der Waals surface area contributed by atoms with E-state index < -0.39 is 17.5 Å². The summed E-state index contributed by atoms with van der Waals surface area (Å²) >= 11 is 0. The van der Waals surface area contributed by atoms with Crippen LogP contribution in [0.5, 0.6) is 0 Å². The Labute approximate surface area is 406 Å². The van der Waals surface area contributed by atoms with E-state index in [-0.39, 0.29) is 31.9 Å². The van der Waals surface area contributed by atoms with Gasteiger partial charge in [-0.1, -0.05) is 119 Å². The maximum Gasteiger partial charge on any atom is 2.00 e. The molecule has 9 aromatic rings. The molecule has 0 saturated carbocycles. The molecule has 66 heavy (non-hydrogen) atoms. The van der Waals surface area contributed by atoms with Crippen LogP contribution >= 0.6 is 0 Å². The van der Waals surface area contributed by atoms with Crippen molar-refractivity contribution in [2.75, 3.05) is 0 Å². The minimum atomic E-state index is -1.82. The number of aryl methyl sites for hydroxylation is 3. The average molecular weight is 1050 g/mol. The van der Waals surface area contributed by atoms with Gasteiger partial charge < -0.3 is 13.9 Å². The molecule has 0 radical (unpaired) electrons. The summed E-state index contributed by atoms with van der Waals surface area (Å²) in [6, 6.07) is 41.8. The van der Waals surface area contributed by atoms with Crippen molar-refractivity contribution in [2.45, 2.75) is 118 Å². The molecule has 1 aliphatic heterocycles. The molecule has 0 unspecified atom stereocenters. The quantitative estimate of drug-likeness (QED) is 0.165. The SMILES string of the molecule is [2H]C1([2H])c2cc(C)c(C(C)(C)C)c(C)c2C[C@]2(C)OC(c3[c-]c(-n4c5[c-]c(-n6c7ccc(-c8ccccc8)nc7c7cccnc76)c(C)cc5c5cc(C)ccc54)cc(C(C)(C)C)c3)=N[C@@]12C.[Pt+2]. The van der Waals surface area contributed by atoms with E-state index >= 15 is 0 Å². The van der Waals surface area contributed by atoms with Gasteiger partial charge in [-0.3, -0.25) is 4.99 Å². The second-order valence-electron chi connectivity index (χ2n) is 21.1. The zero-order valence-corrected chi connectivity index (χ0v) is 42.3. The summed E-state index contributed by atoms with van der Waals surface area (Å²) < 4.78 is 31.5. The van der Waals surface area contributed by atoms with Crippen LogP contribution in [0.4, 0.5) is 0 Å². The van der Waals surface area contributed by atoms with Crippen molar-refractivity contribution in [2.24, 2.45) is 4.99 Å². The predicted octanol–water partition coefficient (Wildman–Crippen LogP) is 13.9. The van der Waals surface area contributed by atoms with E-state index in [1.807, 2.05) is 44.3 Å². The van der Waals surface area contributed by atoms with Crippen LogP contribution < -0.4 is 0 Å². The molecule has 5 heterocycles. The van der Waals surface area contributed by atoms with Gasteiger partial charge >= 0.3 is 21.1 Å². The van der Waals surface area contributed by atoms with E-state index in [9.17, 15) is 2.74 Å². The van der Waals surface area contributed by atoms with E-state index in [0.29, 0.717) is 23.4 Å². The molecular weight excluding hydrogens is 990 g/mol. The molecule has 5 aromatic carbocycles. The summed E-state index contributed by atoms with van der Waals surface area (Å²) in [4.78, 5) is 15.6. The van der Waals surface area contributed by atoms with Crippen molar-refractivity contribution >= 4 is 49.8 Å². The second-order valence-corrected chi connectivity index (χ2v) is 21.1. The van der Waals surface area contributed by atoms with Crippen molar-refractivity contribution in [3.8, 4) is 22.6 Å². The van der Waals surface area contributed by atoms with Gasteiger partial charge in [0.2, 0.25) is 0 Å². The molecule has 334 valence electrons. The smallest absolute Gasteiger partial charge is 0.511 e. The summed E-state index contributed by atoms with van der Waals surface area (Å²) in [6.45, 7) is 25.9. The van der Waals surface area contributed by atoms with Gasteiger partial charge in [0.05, 0.1) is 22.3 Å². The molecule has 1 aliphatic carbocycles. The molecule has 0 saturated heterocycles. The van der Waals surface area contributed by atoms with Gasteiger partial charge in [-0.2, -0.15) is 6.07 Å². The molecule has 0 N–H and O–H groups in total. The number of aromatic nitrogens is 4. The third-order valence-corrected chi connectivity index (χ3v) is 14.2. The first-order chi connectivity index (χ1) is 31.6. The molecular formula is C59H57N5OPt. The molecule has 0 bridgehead atoms. The molecule has 2 aliphatic rings. The van der Waals surface area contributed by atoms with E-state index in [2.05, 4.69) is 163 Å². The first kappa shape index (κ1) is 41.6. The maximum absolute atomic E-state index is 9.92. The Morgan fingerprint density at radius 1 is 0.742 bits per heavy atom. The fourth-order valence-electron chi connectivity index (χ4n) is 10.9. The molecule has 0 spiro atoms. The fourth-order valence-corrected chi connectivity index (χ4v) is 10.9. The first-order valence-electron chi connectivity index (χ1n) is 23.9. The number of fused-ring (bicyclic) bond motifs is 8. The molecule has 6 nitrogen and oxygen atoms in total. The monoisotopic (exact) mass is 1050 g/mol. The number of nitrogens with zero attached hydrogens (tertiary/aromatic N) is 5. The summed E-state index contributed by atoms with van der Waals surface area (Å²) in [5.74, 6) is 0.412. The zero-order chi connectivity index (χ0) is 47.3. The Morgan fingerprint density at radius 2 is 1.50 bits per heavy atom. The van der Waals surface area contributed by atoms with Gasteiger partial charge in [0, 0.05) is 38.2 Å². The summed E-state index contributed by atoms with van der Waals surface area (Å²) in [7, 11) is 0. The summed E-state index contributed by atoms with van der Waals surface area (Å²) in [6.07, 6.45) is 0.566. The molecule has 4 aromatic heterocycles. The minimum Gasteiger partial charge on any atom is -0.511 e. The summed E-state index contributed by atoms with van der Waals surface area (Å²) in [5, 5.41) is 3.18. The Bertz CT molecular complexity index is 3610. The van der Waals surface area contributed by atoms with Crippen molar-refractivity contribution in [1.29, 1.82) is 0 Å². The Balaban J connectivity index is 0.00000539. The van der Waals surface area contributed by atoms with Crippen LogP contribution in [0.2, 0.25) is 0 Å². The first-order valence-corrected chi connectivity index (χ1v) is 22.9. The number of rotatable bonds is 4. The van der Waals surface area contributed by atoms with Gasteiger partial charge in [0.15, 0.2) is 0 Å². The van der Waals surface area contributed by atoms with Crippen LogP contribution in [-0.2, 0) is 49.4 Å². The summed E-state index contributed by atoms with van der Waals surface area (Å²) in [5.41, 5.74) is 15.0. The molecule has 2 atom stereocenters. The third kappa shape index (κ3) is 6.72. The fraction of sp³-hybridized carbons (Fsp3) is 0.305. The largest absolute Gasteiger partial charge is 2.00 e. The van der Waals surface area contributed by atoms with Crippen molar-refractivity contribution in [3.05, 3.63) is 165 Å². The van der Waals surface area contributed by atoms with Gasteiger partial charge in [-0.15, -0.1) is 40.8 Å². The van der Waals surface area contributed by atoms with Crippen LogP contribution in [0.1, 0.15) is 108 Å². The van der Waals surface area contributed by atoms with E-state index in [1.165, 1.54) is 11.1 Å². The maximum atomic E-state index is 9.92. The molecule has 7 heteroatoms. The van der Waals surface area contributed by atoms with Gasteiger partial charge in [0.1, 0.15) is 17.1 Å². The molecule has 0 amide bonds. The number of benzene rings is 5. The number of aliphatic imine (C=N–C) groups is 1. The normalized spacial score (nSPS) is 19.6. The van der Waals surface area contributed by atoms with Gasteiger partial charge in [-0.25, -0.2) is 9.97 Å². The van der Waals surface area contributed by atoms with Crippen molar-refractivity contribution in [1.82, 2.24) is 19.1 Å². The molecule has 11 rings (SSSR count). The van der Waals surface area contributed by atoms with Gasteiger partial charge in [-0.05, 0) is 115 Å². The van der Waals surface area contributed by atoms with Crippen LogP contribution in [-0.4, -0.2) is 36.1 Å². The van der Waals surface area contributed by atoms with E-state index in [4.69, 9.17) is 19.7 Å². The van der Waals surface area contributed by atoms with Crippen LogP contribution in [0.25, 0.3) is 66.5 Å². The van der Waals surface area contributed by atoms with Crippen LogP contribution in [0.3, 0.4) is 0 Å². The van der Waals surface area contributed by atoms with Crippen molar-refractivity contribution < 1.29 is 28.5 Å². The Kier molecular flexibility index (Phi) is 9.51. The standard InChI is InChI=1S/C59H57N5O.Pt/c1-34-20-22-48-44(25-34)45-27-35(2)50(64-49-23-21-47(38-17-14-13-15-18-38)61-53(49)43-19-16-24-60-54(43)64)31-51(45)63(48)42-29-39(28-41(30-42)56(5,6)7)55-62-58(11)32-40-26-36(3)52(57(8,9)10)37(4)46(40)33-59(58,12)65-55;/h13-28,30H,32-33H2,1-12H3;/q-2;+2/t58-,59-;/m0./s1/i32D2;. The number of pyridine rings is 2. The second kappa shape index (κ2) is 15.1. The van der Waals surface area contributed by atoms with E-state index in [0.717, 1.165) is 94.3 Å².